The van der Waals surface area contributed by atoms with Crippen LogP contribution in [0.1, 0.15) is 35.1 Å². The van der Waals surface area contributed by atoms with Crippen LogP contribution < -0.4 is 5.32 Å². The van der Waals surface area contributed by atoms with E-state index in [1.807, 2.05) is 6.07 Å². The Morgan fingerprint density at radius 2 is 2.16 bits per heavy atom. The Morgan fingerprint density at radius 3 is 2.68 bits per heavy atom. The van der Waals surface area contributed by atoms with E-state index in [2.05, 4.69) is 28.9 Å². The molecule has 19 heavy (non-hydrogen) atoms. The predicted molar refractivity (Wildman–Crippen MR) is 82.3 cm³/mol. The molecule has 3 rings (SSSR count). The van der Waals surface area contributed by atoms with Crippen molar-refractivity contribution in [2.24, 2.45) is 0 Å². The van der Waals surface area contributed by atoms with Gasteiger partial charge in [0.15, 0.2) is 0 Å². The minimum atomic E-state index is -0.503. The number of rotatable bonds is 5. The van der Waals surface area contributed by atoms with E-state index in [1.165, 1.54) is 9.75 Å². The first-order valence-corrected chi connectivity index (χ1v) is 8.48. The van der Waals surface area contributed by atoms with Crippen LogP contribution in [0.4, 0.5) is 0 Å². The molecular formula is C14H16ClNOS2. The van der Waals surface area contributed by atoms with E-state index in [0.717, 1.165) is 23.6 Å². The maximum atomic E-state index is 10.2. The smallest absolute Gasteiger partial charge is 0.0931 e. The van der Waals surface area contributed by atoms with Crippen molar-refractivity contribution >= 4 is 34.3 Å². The highest BCUT2D eigenvalue weighted by Crippen LogP contribution is 2.35. The normalized spacial score (nSPS) is 19.1. The number of hydrogen-bond donors (Lipinski definition) is 2. The molecule has 0 bridgehead atoms. The molecular weight excluding hydrogens is 298 g/mol. The van der Waals surface area contributed by atoms with Crippen molar-refractivity contribution in [3.63, 3.8) is 0 Å². The Labute approximate surface area is 126 Å². The molecule has 1 aliphatic carbocycles. The lowest BCUT2D eigenvalue weighted by Crippen LogP contribution is -2.47. The SMILES string of the molecule is OC1(CNC(c2cccs2)c2ccc(Cl)s2)CCC1. The van der Waals surface area contributed by atoms with Crippen LogP contribution >= 0.6 is 34.3 Å². The molecule has 1 unspecified atom stereocenters. The number of hydrogen-bond acceptors (Lipinski definition) is 4. The molecule has 5 heteroatoms. The van der Waals surface area contributed by atoms with Crippen LogP contribution in [-0.4, -0.2) is 17.3 Å². The molecule has 0 aromatic carbocycles. The van der Waals surface area contributed by atoms with Crippen LogP contribution in [-0.2, 0) is 0 Å². The van der Waals surface area contributed by atoms with Crippen LogP contribution in [0.25, 0.3) is 0 Å². The molecule has 2 aromatic rings. The van der Waals surface area contributed by atoms with Crippen molar-refractivity contribution in [2.45, 2.75) is 30.9 Å². The summed E-state index contributed by atoms with van der Waals surface area (Å²) in [4.78, 5) is 2.47. The van der Waals surface area contributed by atoms with Crippen LogP contribution in [0.3, 0.4) is 0 Å². The Bertz CT molecular complexity index is 533. The minimum absolute atomic E-state index is 0.141. The first-order valence-electron chi connectivity index (χ1n) is 6.41. The van der Waals surface area contributed by atoms with Gasteiger partial charge in [0, 0.05) is 16.3 Å². The maximum Gasteiger partial charge on any atom is 0.0931 e. The summed E-state index contributed by atoms with van der Waals surface area (Å²) in [5, 5.41) is 15.8. The Morgan fingerprint density at radius 1 is 1.32 bits per heavy atom. The zero-order valence-corrected chi connectivity index (χ0v) is 12.8. The molecule has 0 saturated heterocycles. The highest BCUT2D eigenvalue weighted by atomic mass is 35.5. The predicted octanol–water partition coefficient (Wildman–Crippen LogP) is 4.06. The van der Waals surface area contributed by atoms with E-state index in [4.69, 9.17) is 11.6 Å². The van der Waals surface area contributed by atoms with Gasteiger partial charge in [-0.05, 0) is 42.8 Å². The van der Waals surface area contributed by atoms with E-state index in [0.29, 0.717) is 6.54 Å². The summed E-state index contributed by atoms with van der Waals surface area (Å²) in [5.41, 5.74) is -0.503. The Kier molecular flexibility index (Phi) is 3.96. The van der Waals surface area contributed by atoms with Gasteiger partial charge in [-0.15, -0.1) is 22.7 Å². The number of halogens is 1. The topological polar surface area (TPSA) is 32.3 Å². The molecule has 0 aliphatic heterocycles. The van der Waals surface area contributed by atoms with Gasteiger partial charge in [-0.1, -0.05) is 17.7 Å². The third-order valence-corrected chi connectivity index (χ3v) is 5.86. The van der Waals surface area contributed by atoms with E-state index < -0.39 is 5.60 Å². The van der Waals surface area contributed by atoms with Crippen molar-refractivity contribution < 1.29 is 5.11 Å². The van der Waals surface area contributed by atoms with Gasteiger partial charge in [0.25, 0.3) is 0 Å². The summed E-state index contributed by atoms with van der Waals surface area (Å²) in [6.45, 7) is 0.644. The van der Waals surface area contributed by atoms with Gasteiger partial charge in [0.1, 0.15) is 0 Å². The van der Waals surface area contributed by atoms with Crippen molar-refractivity contribution in [3.05, 3.63) is 43.7 Å². The highest BCUT2D eigenvalue weighted by Gasteiger charge is 2.35. The number of nitrogens with one attached hydrogen (secondary N) is 1. The molecule has 0 radical (unpaired) electrons. The van der Waals surface area contributed by atoms with Gasteiger partial charge in [-0.3, -0.25) is 0 Å². The molecule has 0 spiro atoms. The summed E-state index contributed by atoms with van der Waals surface area (Å²) in [6, 6.07) is 8.32. The van der Waals surface area contributed by atoms with Crippen molar-refractivity contribution in [3.8, 4) is 0 Å². The lowest BCUT2D eigenvalue weighted by Gasteiger charge is -2.37. The van der Waals surface area contributed by atoms with E-state index >= 15 is 0 Å². The fourth-order valence-electron chi connectivity index (χ4n) is 2.33. The number of thiophene rings is 2. The molecule has 2 heterocycles. The molecule has 2 aromatic heterocycles. The lowest BCUT2D eigenvalue weighted by molar-refractivity contribution is -0.0324. The third kappa shape index (κ3) is 3.03. The first kappa shape index (κ1) is 13.6. The summed E-state index contributed by atoms with van der Waals surface area (Å²) >= 11 is 9.37. The largest absolute Gasteiger partial charge is 0.389 e. The summed E-state index contributed by atoms with van der Waals surface area (Å²) < 4.78 is 0.806. The van der Waals surface area contributed by atoms with Crippen LogP contribution in [0, 0.1) is 0 Å². The molecule has 2 nitrogen and oxygen atoms in total. The molecule has 0 amide bonds. The average molecular weight is 314 g/mol. The second-order valence-corrected chi connectivity index (χ2v) is 7.78. The molecule has 1 aliphatic rings. The fourth-order valence-corrected chi connectivity index (χ4v) is 4.38. The van der Waals surface area contributed by atoms with E-state index in [-0.39, 0.29) is 6.04 Å². The summed E-state index contributed by atoms with van der Waals surface area (Å²) in [7, 11) is 0. The average Bonchev–Trinajstić information content (AvgIpc) is 2.99. The molecule has 1 fully saturated rings. The highest BCUT2D eigenvalue weighted by molar-refractivity contribution is 7.16. The molecule has 2 N–H and O–H groups in total. The number of aliphatic hydroxyl groups is 1. The van der Waals surface area contributed by atoms with E-state index in [1.54, 1.807) is 22.7 Å². The van der Waals surface area contributed by atoms with Crippen molar-refractivity contribution in [2.75, 3.05) is 6.54 Å². The minimum Gasteiger partial charge on any atom is -0.389 e. The van der Waals surface area contributed by atoms with Gasteiger partial charge in [0.2, 0.25) is 0 Å². The quantitative estimate of drug-likeness (QED) is 0.872. The van der Waals surface area contributed by atoms with Gasteiger partial charge in [0.05, 0.1) is 16.0 Å². The van der Waals surface area contributed by atoms with Gasteiger partial charge < -0.3 is 10.4 Å². The van der Waals surface area contributed by atoms with E-state index in [9.17, 15) is 5.11 Å². The third-order valence-electron chi connectivity index (χ3n) is 3.63. The summed E-state index contributed by atoms with van der Waals surface area (Å²) in [6.07, 6.45) is 2.94. The van der Waals surface area contributed by atoms with Gasteiger partial charge in [-0.2, -0.15) is 0 Å². The van der Waals surface area contributed by atoms with Gasteiger partial charge in [-0.25, -0.2) is 0 Å². The standard InChI is InChI=1S/C14H16ClNOS2/c15-12-5-4-11(19-12)13(10-3-1-8-18-10)16-9-14(17)6-2-7-14/h1,3-5,8,13,16-17H,2,6-7,9H2. The van der Waals surface area contributed by atoms with Crippen molar-refractivity contribution in [1.29, 1.82) is 0 Å². The molecule has 1 saturated carbocycles. The van der Waals surface area contributed by atoms with Crippen LogP contribution in [0.2, 0.25) is 4.34 Å². The lowest BCUT2D eigenvalue weighted by atomic mass is 9.80. The fraction of sp³-hybridized carbons (Fsp3) is 0.429. The van der Waals surface area contributed by atoms with Crippen LogP contribution in [0.15, 0.2) is 29.6 Å². The second kappa shape index (κ2) is 5.54. The van der Waals surface area contributed by atoms with Crippen LogP contribution in [0.5, 0.6) is 0 Å². The maximum absolute atomic E-state index is 10.2. The Balaban J connectivity index is 1.77. The summed E-state index contributed by atoms with van der Waals surface area (Å²) in [5.74, 6) is 0. The molecule has 102 valence electrons. The Hall–Kier alpha value is -0.390. The van der Waals surface area contributed by atoms with Gasteiger partial charge >= 0.3 is 0 Å². The molecule has 1 atom stereocenters. The van der Waals surface area contributed by atoms with Crippen molar-refractivity contribution in [1.82, 2.24) is 5.32 Å². The second-order valence-electron chi connectivity index (χ2n) is 5.05. The first-order chi connectivity index (χ1) is 9.16. The monoisotopic (exact) mass is 313 g/mol. The zero-order chi connectivity index (χ0) is 13.3. The zero-order valence-electron chi connectivity index (χ0n) is 10.4.